The fraction of sp³-hybridized carbons (Fsp3) is 0.458. The fourth-order valence-electron chi connectivity index (χ4n) is 3.67. The molecule has 1 fully saturated rings. The van der Waals surface area contributed by atoms with E-state index in [-0.39, 0.29) is 12.6 Å². The molecule has 2 aromatic rings. The summed E-state index contributed by atoms with van der Waals surface area (Å²) in [6.07, 6.45) is 1.25. The van der Waals surface area contributed by atoms with Crippen molar-refractivity contribution in [2.75, 3.05) is 40.4 Å². The molecule has 2 aromatic carbocycles. The van der Waals surface area contributed by atoms with E-state index in [2.05, 4.69) is 10.2 Å². The van der Waals surface area contributed by atoms with Crippen LogP contribution in [0.2, 0.25) is 0 Å². The van der Waals surface area contributed by atoms with Gasteiger partial charge in [-0.05, 0) is 37.3 Å². The van der Waals surface area contributed by atoms with Gasteiger partial charge in [-0.1, -0.05) is 18.2 Å². The van der Waals surface area contributed by atoms with Crippen molar-refractivity contribution in [2.45, 2.75) is 32.0 Å². The van der Waals surface area contributed by atoms with Gasteiger partial charge >= 0.3 is 0 Å². The van der Waals surface area contributed by atoms with Gasteiger partial charge in [0.2, 0.25) is 0 Å². The fourth-order valence-corrected chi connectivity index (χ4v) is 3.67. The van der Waals surface area contributed by atoms with Crippen molar-refractivity contribution < 1.29 is 19.3 Å². The maximum absolute atomic E-state index is 10.8. The van der Waals surface area contributed by atoms with Crippen LogP contribution in [-0.4, -0.2) is 62.5 Å². The van der Waals surface area contributed by atoms with Gasteiger partial charge < -0.3 is 29.5 Å². The van der Waals surface area contributed by atoms with E-state index < -0.39 is 6.10 Å². The van der Waals surface area contributed by atoms with Crippen LogP contribution in [0.5, 0.6) is 17.2 Å². The van der Waals surface area contributed by atoms with Crippen LogP contribution in [0.4, 0.5) is 0 Å². The number of aliphatic hydroxyl groups is 1. The van der Waals surface area contributed by atoms with Crippen LogP contribution in [0.3, 0.4) is 0 Å². The summed E-state index contributed by atoms with van der Waals surface area (Å²) in [6.45, 7) is 4.73. The van der Waals surface area contributed by atoms with Crippen molar-refractivity contribution in [1.82, 2.24) is 10.2 Å². The lowest BCUT2D eigenvalue weighted by molar-refractivity contribution is 0.129. The van der Waals surface area contributed by atoms with E-state index in [4.69, 9.17) is 19.2 Å². The molecule has 7 heteroatoms. The predicted molar refractivity (Wildman–Crippen MR) is 122 cm³/mol. The molecule has 3 rings (SSSR count). The summed E-state index contributed by atoms with van der Waals surface area (Å²) in [4.78, 5) is 6.92. The first-order chi connectivity index (χ1) is 15.1. The van der Waals surface area contributed by atoms with Gasteiger partial charge in [-0.15, -0.1) is 0 Å². The Kier molecular flexibility index (Phi) is 8.41. The van der Waals surface area contributed by atoms with Gasteiger partial charge in [-0.3, -0.25) is 4.99 Å². The van der Waals surface area contributed by atoms with Crippen molar-refractivity contribution >= 4 is 5.96 Å². The third-order valence-corrected chi connectivity index (χ3v) is 5.33. The molecule has 0 saturated carbocycles. The second-order valence-corrected chi connectivity index (χ2v) is 7.44. The molecule has 0 radical (unpaired) electrons. The van der Waals surface area contributed by atoms with Gasteiger partial charge in [0, 0.05) is 38.0 Å². The number of likely N-dealkylation sites (tertiary alicyclic amines) is 1. The Morgan fingerprint density at radius 3 is 2.48 bits per heavy atom. The number of ether oxygens (including phenoxy) is 3. The first-order valence-electron chi connectivity index (χ1n) is 10.8. The molecule has 31 heavy (non-hydrogen) atoms. The van der Waals surface area contributed by atoms with E-state index in [0.29, 0.717) is 17.1 Å². The summed E-state index contributed by atoms with van der Waals surface area (Å²) in [5.41, 5.74) is 0.663. The number of hydrogen-bond donors (Lipinski definition) is 2. The Labute approximate surface area is 184 Å². The van der Waals surface area contributed by atoms with E-state index in [1.165, 1.54) is 0 Å². The first-order valence-corrected chi connectivity index (χ1v) is 10.8. The van der Waals surface area contributed by atoms with Gasteiger partial charge in [-0.2, -0.15) is 0 Å². The SMILES string of the molecule is CCNC(=NCC(O)c1cc(OC)ccc1OC)N1CCC(Oc2ccccc2)CC1. The quantitative estimate of drug-likeness (QED) is 0.498. The Morgan fingerprint density at radius 2 is 1.84 bits per heavy atom. The zero-order valence-electron chi connectivity index (χ0n) is 18.6. The minimum absolute atomic E-state index is 0.202. The third kappa shape index (κ3) is 6.28. The highest BCUT2D eigenvalue weighted by Gasteiger charge is 2.23. The van der Waals surface area contributed by atoms with Gasteiger partial charge in [-0.25, -0.2) is 0 Å². The Morgan fingerprint density at radius 1 is 1.10 bits per heavy atom. The number of methoxy groups -OCH3 is 2. The Balaban J connectivity index is 1.61. The molecular weight excluding hydrogens is 394 g/mol. The number of nitrogens with one attached hydrogen (secondary N) is 1. The summed E-state index contributed by atoms with van der Waals surface area (Å²) in [6, 6.07) is 15.3. The first kappa shape index (κ1) is 22.7. The highest BCUT2D eigenvalue weighted by molar-refractivity contribution is 5.80. The van der Waals surface area contributed by atoms with Crippen LogP contribution >= 0.6 is 0 Å². The average molecular weight is 428 g/mol. The van der Waals surface area contributed by atoms with Gasteiger partial charge in [0.1, 0.15) is 29.5 Å². The molecule has 0 aromatic heterocycles. The van der Waals surface area contributed by atoms with Gasteiger partial charge in [0.15, 0.2) is 5.96 Å². The standard InChI is InChI=1S/C24H33N3O4/c1-4-25-24(26-17-22(28)21-16-20(29-2)10-11-23(21)30-3)27-14-12-19(13-15-27)31-18-8-6-5-7-9-18/h5-11,16,19,22,28H,4,12-15,17H2,1-3H3,(H,25,26). The van der Waals surface area contributed by atoms with Crippen LogP contribution in [0.1, 0.15) is 31.4 Å². The molecule has 0 spiro atoms. The molecule has 7 nitrogen and oxygen atoms in total. The minimum Gasteiger partial charge on any atom is -0.497 e. The highest BCUT2D eigenvalue weighted by atomic mass is 16.5. The van der Waals surface area contributed by atoms with Crippen LogP contribution in [0.25, 0.3) is 0 Å². The van der Waals surface area contributed by atoms with Crippen molar-refractivity contribution in [3.63, 3.8) is 0 Å². The molecule has 1 saturated heterocycles. The number of nitrogens with zero attached hydrogens (tertiary/aromatic N) is 2. The van der Waals surface area contributed by atoms with Crippen molar-refractivity contribution in [3.05, 3.63) is 54.1 Å². The largest absolute Gasteiger partial charge is 0.497 e. The van der Waals surface area contributed by atoms with E-state index in [9.17, 15) is 5.11 Å². The highest BCUT2D eigenvalue weighted by Crippen LogP contribution is 2.29. The van der Waals surface area contributed by atoms with Crippen LogP contribution in [0.15, 0.2) is 53.5 Å². The smallest absolute Gasteiger partial charge is 0.194 e. The van der Waals surface area contributed by atoms with Gasteiger partial charge in [0.05, 0.1) is 20.8 Å². The van der Waals surface area contributed by atoms with Crippen molar-refractivity contribution in [1.29, 1.82) is 0 Å². The molecule has 1 unspecified atom stereocenters. The molecule has 0 aliphatic carbocycles. The normalized spacial score (nSPS) is 16.0. The summed E-state index contributed by atoms with van der Waals surface area (Å²) in [5.74, 6) is 3.01. The number of aliphatic hydroxyl groups excluding tert-OH is 1. The van der Waals surface area contributed by atoms with E-state index >= 15 is 0 Å². The Hall–Kier alpha value is -2.93. The summed E-state index contributed by atoms with van der Waals surface area (Å²) in [5, 5.41) is 14.1. The number of guanidine groups is 1. The van der Waals surface area contributed by atoms with E-state index in [1.807, 2.05) is 43.3 Å². The Bertz CT molecular complexity index is 836. The minimum atomic E-state index is -0.794. The summed E-state index contributed by atoms with van der Waals surface area (Å²) in [7, 11) is 3.19. The number of rotatable bonds is 8. The van der Waals surface area contributed by atoms with Crippen LogP contribution in [-0.2, 0) is 0 Å². The van der Waals surface area contributed by atoms with Crippen molar-refractivity contribution in [2.24, 2.45) is 4.99 Å². The monoisotopic (exact) mass is 427 g/mol. The molecule has 0 bridgehead atoms. The topological polar surface area (TPSA) is 75.6 Å². The zero-order chi connectivity index (χ0) is 22.1. The number of benzene rings is 2. The summed E-state index contributed by atoms with van der Waals surface area (Å²) < 4.78 is 16.8. The van der Waals surface area contributed by atoms with Crippen LogP contribution in [0, 0.1) is 0 Å². The molecule has 1 heterocycles. The molecule has 1 aliphatic heterocycles. The maximum Gasteiger partial charge on any atom is 0.194 e. The second kappa shape index (κ2) is 11.5. The zero-order valence-corrected chi connectivity index (χ0v) is 18.6. The molecule has 1 atom stereocenters. The summed E-state index contributed by atoms with van der Waals surface area (Å²) >= 11 is 0. The van der Waals surface area contributed by atoms with E-state index in [1.54, 1.807) is 26.4 Å². The number of piperidine rings is 1. The van der Waals surface area contributed by atoms with E-state index in [0.717, 1.165) is 44.2 Å². The molecule has 0 amide bonds. The molecule has 1 aliphatic rings. The van der Waals surface area contributed by atoms with Gasteiger partial charge in [0.25, 0.3) is 0 Å². The second-order valence-electron chi connectivity index (χ2n) is 7.44. The molecule has 168 valence electrons. The third-order valence-electron chi connectivity index (χ3n) is 5.33. The lowest BCUT2D eigenvalue weighted by Gasteiger charge is -2.34. The van der Waals surface area contributed by atoms with Crippen LogP contribution < -0.4 is 19.5 Å². The molecule has 2 N–H and O–H groups in total. The predicted octanol–water partition coefficient (Wildman–Crippen LogP) is 3.25. The lowest BCUT2D eigenvalue weighted by Crippen LogP contribution is -2.47. The number of para-hydroxylation sites is 1. The van der Waals surface area contributed by atoms with Crippen molar-refractivity contribution in [3.8, 4) is 17.2 Å². The number of hydrogen-bond acceptors (Lipinski definition) is 5. The maximum atomic E-state index is 10.8. The number of aliphatic imine (C=N–C) groups is 1. The molecular formula is C24H33N3O4. The average Bonchev–Trinajstić information content (AvgIpc) is 2.82. The lowest BCUT2D eigenvalue weighted by atomic mass is 10.1.